The van der Waals surface area contributed by atoms with E-state index in [2.05, 4.69) is 15.4 Å². The van der Waals surface area contributed by atoms with Gasteiger partial charge >= 0.3 is 6.18 Å². The van der Waals surface area contributed by atoms with Crippen molar-refractivity contribution in [1.29, 1.82) is 0 Å². The van der Waals surface area contributed by atoms with E-state index in [0.29, 0.717) is 6.54 Å². The summed E-state index contributed by atoms with van der Waals surface area (Å²) in [6, 6.07) is 8.40. The Labute approximate surface area is 147 Å². The number of hydrogen-bond donors (Lipinski definition) is 1. The lowest BCUT2D eigenvalue weighted by Gasteiger charge is -2.12. The molecular weight excluding hydrogens is 345 g/mol. The molecule has 0 saturated carbocycles. The molecule has 2 heterocycles. The molecule has 0 radical (unpaired) electrons. The molecule has 0 unspecified atom stereocenters. The number of alkyl halides is 3. The number of nitrogens with one attached hydrogen (secondary N) is 1. The number of amides is 1. The highest BCUT2D eigenvalue weighted by molar-refractivity contribution is 5.95. The zero-order chi connectivity index (χ0) is 18.6. The Morgan fingerprint density at radius 1 is 1.08 bits per heavy atom. The van der Waals surface area contributed by atoms with Crippen LogP contribution in [0.15, 0.2) is 61.2 Å². The van der Waals surface area contributed by atoms with Gasteiger partial charge < -0.3 is 5.32 Å². The molecule has 0 aliphatic rings. The fraction of sp³-hybridized carbons (Fsp3) is 0.167. The minimum Gasteiger partial charge on any atom is -0.350 e. The van der Waals surface area contributed by atoms with Crippen LogP contribution >= 0.6 is 0 Å². The maximum absolute atomic E-state index is 13.0. The summed E-state index contributed by atoms with van der Waals surface area (Å²) >= 11 is 0. The molecule has 1 N–H and O–H groups in total. The molecule has 1 amide bonds. The Morgan fingerprint density at radius 2 is 1.81 bits per heavy atom. The normalized spacial score (nSPS) is 11.3. The Morgan fingerprint density at radius 3 is 2.54 bits per heavy atom. The van der Waals surface area contributed by atoms with E-state index in [0.717, 1.165) is 23.3 Å². The Kier molecular flexibility index (Phi) is 5.01. The monoisotopic (exact) mass is 360 g/mol. The molecule has 5 nitrogen and oxygen atoms in total. The molecule has 26 heavy (non-hydrogen) atoms. The molecule has 0 fully saturated rings. The summed E-state index contributed by atoms with van der Waals surface area (Å²) in [5.74, 6) is -0.764. The van der Waals surface area contributed by atoms with Crippen LogP contribution in [-0.2, 0) is 12.7 Å². The SMILES string of the molecule is O=C(NCCn1cc(-c2ccncc2)cn1)c1ccccc1C(F)(F)F. The van der Waals surface area contributed by atoms with E-state index in [-0.39, 0.29) is 6.54 Å². The molecule has 0 aliphatic carbocycles. The lowest BCUT2D eigenvalue weighted by Crippen LogP contribution is -2.29. The predicted octanol–water partition coefficient (Wildman–Crippen LogP) is 3.39. The van der Waals surface area contributed by atoms with E-state index >= 15 is 0 Å². The fourth-order valence-electron chi connectivity index (χ4n) is 2.49. The van der Waals surface area contributed by atoms with Crippen LogP contribution in [0.25, 0.3) is 11.1 Å². The van der Waals surface area contributed by atoms with E-state index in [1.165, 1.54) is 12.1 Å². The molecule has 0 spiro atoms. The quantitative estimate of drug-likeness (QED) is 0.759. The van der Waals surface area contributed by atoms with Gasteiger partial charge in [0.2, 0.25) is 0 Å². The van der Waals surface area contributed by atoms with Gasteiger partial charge in [-0.15, -0.1) is 0 Å². The molecular formula is C18H15F3N4O. The molecule has 2 aromatic heterocycles. The van der Waals surface area contributed by atoms with Crippen molar-refractivity contribution in [2.75, 3.05) is 6.54 Å². The summed E-state index contributed by atoms with van der Waals surface area (Å²) in [5, 5.41) is 6.68. The largest absolute Gasteiger partial charge is 0.417 e. The number of pyridine rings is 1. The van der Waals surface area contributed by atoms with Crippen molar-refractivity contribution in [2.24, 2.45) is 0 Å². The highest BCUT2D eigenvalue weighted by Crippen LogP contribution is 2.31. The third-order valence-electron chi connectivity index (χ3n) is 3.75. The molecule has 0 saturated heterocycles. The standard InChI is InChI=1S/C18H15F3N4O/c19-18(20,21)16-4-2-1-3-15(16)17(26)23-9-10-25-12-14(11-24-25)13-5-7-22-8-6-13/h1-8,11-12H,9-10H2,(H,23,26). The van der Waals surface area contributed by atoms with Gasteiger partial charge in [-0.1, -0.05) is 12.1 Å². The van der Waals surface area contributed by atoms with Gasteiger partial charge in [0, 0.05) is 30.7 Å². The molecule has 3 aromatic rings. The van der Waals surface area contributed by atoms with Gasteiger partial charge in [0.1, 0.15) is 0 Å². The summed E-state index contributed by atoms with van der Waals surface area (Å²) in [4.78, 5) is 16.0. The second kappa shape index (κ2) is 7.38. The minimum absolute atomic E-state index is 0.155. The molecule has 134 valence electrons. The smallest absolute Gasteiger partial charge is 0.350 e. The van der Waals surface area contributed by atoms with Gasteiger partial charge in [-0.3, -0.25) is 14.5 Å². The third-order valence-corrected chi connectivity index (χ3v) is 3.75. The highest BCUT2D eigenvalue weighted by Gasteiger charge is 2.34. The maximum atomic E-state index is 13.0. The van der Waals surface area contributed by atoms with Gasteiger partial charge in [0.05, 0.1) is 23.9 Å². The average molecular weight is 360 g/mol. The zero-order valence-electron chi connectivity index (χ0n) is 13.6. The summed E-state index contributed by atoms with van der Waals surface area (Å²) in [5.41, 5.74) is 0.505. The lowest BCUT2D eigenvalue weighted by molar-refractivity contribution is -0.137. The average Bonchev–Trinajstić information content (AvgIpc) is 3.10. The first-order valence-electron chi connectivity index (χ1n) is 7.82. The van der Waals surface area contributed by atoms with Crippen molar-refractivity contribution in [2.45, 2.75) is 12.7 Å². The Balaban J connectivity index is 1.61. The minimum atomic E-state index is -4.57. The van der Waals surface area contributed by atoms with Crippen LogP contribution in [0, 0.1) is 0 Å². The van der Waals surface area contributed by atoms with Crippen molar-refractivity contribution in [1.82, 2.24) is 20.1 Å². The van der Waals surface area contributed by atoms with Crippen molar-refractivity contribution in [3.05, 3.63) is 72.3 Å². The van der Waals surface area contributed by atoms with Crippen LogP contribution in [0.5, 0.6) is 0 Å². The summed E-state index contributed by atoms with van der Waals surface area (Å²) in [7, 11) is 0. The fourth-order valence-corrected chi connectivity index (χ4v) is 2.49. The van der Waals surface area contributed by atoms with Crippen molar-refractivity contribution in [3.8, 4) is 11.1 Å². The number of benzene rings is 1. The highest BCUT2D eigenvalue weighted by atomic mass is 19.4. The maximum Gasteiger partial charge on any atom is 0.417 e. The first kappa shape index (κ1) is 17.7. The molecule has 0 aliphatic heterocycles. The van der Waals surface area contributed by atoms with Gasteiger partial charge in [0.15, 0.2) is 0 Å². The van der Waals surface area contributed by atoms with Crippen LogP contribution in [0.4, 0.5) is 13.2 Å². The number of halogens is 3. The van der Waals surface area contributed by atoms with Crippen LogP contribution in [-0.4, -0.2) is 27.2 Å². The first-order chi connectivity index (χ1) is 12.4. The molecule has 1 aromatic carbocycles. The van der Waals surface area contributed by atoms with E-state index in [9.17, 15) is 18.0 Å². The van der Waals surface area contributed by atoms with Crippen molar-refractivity contribution in [3.63, 3.8) is 0 Å². The van der Waals surface area contributed by atoms with E-state index in [1.807, 2.05) is 12.1 Å². The predicted molar refractivity (Wildman–Crippen MR) is 89.2 cm³/mol. The zero-order valence-corrected chi connectivity index (χ0v) is 13.6. The molecule has 3 rings (SSSR count). The summed E-state index contributed by atoms with van der Waals surface area (Å²) < 4.78 is 40.5. The molecule has 0 atom stereocenters. The second-order valence-corrected chi connectivity index (χ2v) is 5.53. The summed E-state index contributed by atoms with van der Waals surface area (Å²) in [6.07, 6.45) is 2.24. The van der Waals surface area contributed by atoms with Gasteiger partial charge in [-0.2, -0.15) is 18.3 Å². The first-order valence-corrected chi connectivity index (χ1v) is 7.82. The van der Waals surface area contributed by atoms with Gasteiger partial charge in [0.25, 0.3) is 5.91 Å². The molecule has 0 bridgehead atoms. The Bertz CT molecular complexity index is 891. The number of nitrogens with zero attached hydrogens (tertiary/aromatic N) is 3. The Hall–Kier alpha value is -3.16. The number of carbonyl (C=O) groups is 1. The number of hydrogen-bond acceptors (Lipinski definition) is 3. The van der Waals surface area contributed by atoms with Crippen LogP contribution in [0.1, 0.15) is 15.9 Å². The van der Waals surface area contributed by atoms with Gasteiger partial charge in [-0.05, 0) is 29.8 Å². The van der Waals surface area contributed by atoms with Crippen LogP contribution in [0.3, 0.4) is 0 Å². The second-order valence-electron chi connectivity index (χ2n) is 5.53. The topological polar surface area (TPSA) is 59.8 Å². The van der Waals surface area contributed by atoms with Gasteiger partial charge in [-0.25, -0.2) is 0 Å². The van der Waals surface area contributed by atoms with E-state index in [1.54, 1.807) is 29.5 Å². The number of aromatic nitrogens is 3. The van der Waals surface area contributed by atoms with E-state index in [4.69, 9.17) is 0 Å². The summed E-state index contributed by atoms with van der Waals surface area (Å²) in [6.45, 7) is 0.494. The van der Waals surface area contributed by atoms with Crippen molar-refractivity contribution >= 4 is 5.91 Å². The molecule has 8 heteroatoms. The van der Waals surface area contributed by atoms with Crippen molar-refractivity contribution < 1.29 is 18.0 Å². The van der Waals surface area contributed by atoms with E-state index < -0.39 is 23.2 Å². The number of rotatable bonds is 5. The lowest BCUT2D eigenvalue weighted by atomic mass is 10.1. The van der Waals surface area contributed by atoms with Crippen LogP contribution in [0.2, 0.25) is 0 Å². The third kappa shape index (κ3) is 4.08. The van der Waals surface area contributed by atoms with Crippen LogP contribution < -0.4 is 5.32 Å². The number of carbonyl (C=O) groups excluding carboxylic acids is 1.